The number of benzene rings is 2. The van der Waals surface area contributed by atoms with Gasteiger partial charge < -0.3 is 14.8 Å². The van der Waals surface area contributed by atoms with Crippen molar-refractivity contribution < 1.29 is 14.3 Å². The van der Waals surface area contributed by atoms with Crippen molar-refractivity contribution in [2.45, 2.75) is 13.0 Å². The van der Waals surface area contributed by atoms with Crippen LogP contribution < -0.4 is 10.1 Å². The highest BCUT2D eigenvalue weighted by molar-refractivity contribution is 5.94. The fourth-order valence-electron chi connectivity index (χ4n) is 2.87. The highest BCUT2D eigenvalue weighted by Crippen LogP contribution is 2.12. The van der Waals surface area contributed by atoms with E-state index >= 15 is 0 Å². The van der Waals surface area contributed by atoms with E-state index in [1.54, 1.807) is 0 Å². The van der Waals surface area contributed by atoms with Crippen molar-refractivity contribution in [3.63, 3.8) is 0 Å². The van der Waals surface area contributed by atoms with Gasteiger partial charge in [-0.3, -0.25) is 9.69 Å². The van der Waals surface area contributed by atoms with Crippen LogP contribution in [-0.2, 0) is 11.3 Å². The number of morpholine rings is 1. The summed E-state index contributed by atoms with van der Waals surface area (Å²) < 4.78 is 11.0. The predicted molar refractivity (Wildman–Crippen MR) is 101 cm³/mol. The van der Waals surface area contributed by atoms with Gasteiger partial charge in [-0.25, -0.2) is 0 Å². The number of nitrogens with one attached hydrogen (secondary N) is 1. The second kappa shape index (κ2) is 9.94. The highest BCUT2D eigenvalue weighted by Gasteiger charge is 2.10. The minimum atomic E-state index is -0.0255. The first-order chi connectivity index (χ1) is 12.8. The zero-order valence-corrected chi connectivity index (χ0v) is 15.0. The van der Waals surface area contributed by atoms with Gasteiger partial charge in [-0.15, -0.1) is 0 Å². The molecule has 0 radical (unpaired) electrons. The van der Waals surface area contributed by atoms with Crippen LogP contribution in [0.25, 0.3) is 0 Å². The molecule has 3 rings (SSSR count). The van der Waals surface area contributed by atoms with Crippen molar-refractivity contribution in [2.75, 3.05) is 39.4 Å². The molecule has 1 aliphatic rings. The second-order valence-corrected chi connectivity index (χ2v) is 6.36. The van der Waals surface area contributed by atoms with Crippen molar-refractivity contribution >= 4 is 5.91 Å². The van der Waals surface area contributed by atoms with Crippen molar-refractivity contribution in [2.24, 2.45) is 0 Å². The lowest BCUT2D eigenvalue weighted by atomic mass is 10.1. The van der Waals surface area contributed by atoms with Gasteiger partial charge in [0.25, 0.3) is 5.91 Å². The molecule has 138 valence electrons. The zero-order chi connectivity index (χ0) is 18.0. The third-order valence-electron chi connectivity index (χ3n) is 4.41. The van der Waals surface area contributed by atoms with Gasteiger partial charge in [-0.05, 0) is 42.8 Å². The van der Waals surface area contributed by atoms with Crippen LogP contribution in [0.2, 0.25) is 0 Å². The molecule has 0 saturated carbocycles. The third kappa shape index (κ3) is 5.86. The molecule has 0 aromatic heterocycles. The molecular weight excluding hydrogens is 328 g/mol. The van der Waals surface area contributed by atoms with E-state index in [9.17, 15) is 4.79 Å². The maximum absolute atomic E-state index is 12.2. The summed E-state index contributed by atoms with van der Waals surface area (Å²) >= 11 is 0. The number of carbonyl (C=O) groups is 1. The number of nitrogens with zero attached hydrogens (tertiary/aromatic N) is 1. The van der Waals surface area contributed by atoms with Gasteiger partial charge in [-0.2, -0.15) is 0 Å². The highest BCUT2D eigenvalue weighted by atomic mass is 16.5. The number of rotatable bonds is 8. The van der Waals surface area contributed by atoms with E-state index in [2.05, 4.69) is 10.2 Å². The number of ether oxygens (including phenoxy) is 2. The Labute approximate surface area is 154 Å². The Balaban J connectivity index is 1.37. The van der Waals surface area contributed by atoms with Gasteiger partial charge in [0, 0.05) is 25.2 Å². The summed E-state index contributed by atoms with van der Waals surface area (Å²) in [6, 6.07) is 17.3. The molecule has 1 N–H and O–H groups in total. The van der Waals surface area contributed by atoms with Gasteiger partial charge >= 0.3 is 0 Å². The SMILES string of the molecule is O=C(NCCCN1CCOCC1)c1ccc(COc2ccccc2)cc1. The van der Waals surface area contributed by atoms with Gasteiger partial charge in [0.05, 0.1) is 13.2 Å². The quantitative estimate of drug-likeness (QED) is 0.741. The number of hydrogen-bond donors (Lipinski definition) is 1. The molecule has 2 aromatic rings. The lowest BCUT2D eigenvalue weighted by Crippen LogP contribution is -2.38. The first-order valence-corrected chi connectivity index (χ1v) is 9.16. The van der Waals surface area contributed by atoms with E-state index in [4.69, 9.17) is 9.47 Å². The Bertz CT molecular complexity index is 667. The standard InChI is InChI=1S/C21H26N2O3/c24-21(22-11-4-12-23-13-15-25-16-14-23)19-9-7-18(8-10-19)17-26-20-5-2-1-3-6-20/h1-3,5-10H,4,11-17H2,(H,22,24). The van der Waals surface area contributed by atoms with Crippen molar-refractivity contribution in [1.82, 2.24) is 10.2 Å². The van der Waals surface area contributed by atoms with Crippen LogP contribution in [0.1, 0.15) is 22.3 Å². The fraction of sp³-hybridized carbons (Fsp3) is 0.381. The number of hydrogen-bond acceptors (Lipinski definition) is 4. The van der Waals surface area contributed by atoms with Crippen LogP contribution >= 0.6 is 0 Å². The van der Waals surface area contributed by atoms with E-state index in [1.807, 2.05) is 54.6 Å². The van der Waals surface area contributed by atoms with Gasteiger partial charge in [0.1, 0.15) is 12.4 Å². The van der Waals surface area contributed by atoms with Crippen molar-refractivity contribution in [1.29, 1.82) is 0 Å². The second-order valence-electron chi connectivity index (χ2n) is 6.36. The first-order valence-electron chi connectivity index (χ1n) is 9.16. The predicted octanol–water partition coefficient (Wildman–Crippen LogP) is 2.72. The summed E-state index contributed by atoms with van der Waals surface area (Å²) in [7, 11) is 0. The van der Waals surface area contributed by atoms with Crippen molar-refractivity contribution in [3.8, 4) is 5.75 Å². The smallest absolute Gasteiger partial charge is 0.251 e. The topological polar surface area (TPSA) is 50.8 Å². The summed E-state index contributed by atoms with van der Waals surface area (Å²) in [6.45, 7) is 5.78. The molecule has 1 amide bonds. The molecule has 2 aromatic carbocycles. The summed E-state index contributed by atoms with van der Waals surface area (Å²) in [5, 5.41) is 2.99. The molecule has 1 heterocycles. The molecule has 0 bridgehead atoms. The number of amides is 1. The van der Waals surface area contributed by atoms with E-state index in [1.165, 1.54) is 0 Å². The number of carbonyl (C=O) groups excluding carboxylic acids is 1. The summed E-state index contributed by atoms with van der Waals surface area (Å²) in [5.74, 6) is 0.817. The lowest BCUT2D eigenvalue weighted by Gasteiger charge is -2.26. The normalized spacial score (nSPS) is 14.8. The molecule has 5 nitrogen and oxygen atoms in total. The fourth-order valence-corrected chi connectivity index (χ4v) is 2.87. The Morgan fingerprint density at radius 2 is 1.77 bits per heavy atom. The van der Waals surface area contributed by atoms with Gasteiger partial charge in [0.15, 0.2) is 0 Å². The molecule has 0 atom stereocenters. The zero-order valence-electron chi connectivity index (χ0n) is 15.0. The summed E-state index contributed by atoms with van der Waals surface area (Å²) in [5.41, 5.74) is 1.72. The molecule has 0 spiro atoms. The van der Waals surface area contributed by atoms with E-state index < -0.39 is 0 Å². The Kier molecular flexibility index (Phi) is 7.05. The van der Waals surface area contributed by atoms with E-state index in [-0.39, 0.29) is 5.91 Å². The summed E-state index contributed by atoms with van der Waals surface area (Å²) in [6.07, 6.45) is 0.953. The summed E-state index contributed by atoms with van der Waals surface area (Å²) in [4.78, 5) is 14.6. The first kappa shape index (κ1) is 18.4. The Morgan fingerprint density at radius 1 is 1.04 bits per heavy atom. The van der Waals surface area contributed by atoms with Gasteiger partial charge in [0.2, 0.25) is 0 Å². The minimum absolute atomic E-state index is 0.0255. The van der Waals surface area contributed by atoms with Crippen LogP contribution in [0, 0.1) is 0 Å². The third-order valence-corrected chi connectivity index (χ3v) is 4.41. The maximum Gasteiger partial charge on any atom is 0.251 e. The molecular formula is C21H26N2O3. The lowest BCUT2D eigenvalue weighted by molar-refractivity contribution is 0.0374. The van der Waals surface area contributed by atoms with Crippen LogP contribution in [0.4, 0.5) is 0 Å². The number of para-hydroxylation sites is 1. The molecule has 0 unspecified atom stereocenters. The van der Waals surface area contributed by atoms with E-state index in [0.29, 0.717) is 18.7 Å². The van der Waals surface area contributed by atoms with Crippen molar-refractivity contribution in [3.05, 3.63) is 65.7 Å². The molecule has 5 heteroatoms. The molecule has 1 aliphatic heterocycles. The van der Waals surface area contributed by atoms with Crippen LogP contribution in [0.5, 0.6) is 5.75 Å². The van der Waals surface area contributed by atoms with Crippen LogP contribution in [0.15, 0.2) is 54.6 Å². The molecule has 0 aliphatic carbocycles. The van der Waals surface area contributed by atoms with E-state index in [0.717, 1.165) is 50.6 Å². The average molecular weight is 354 g/mol. The average Bonchev–Trinajstić information content (AvgIpc) is 2.71. The van der Waals surface area contributed by atoms with Gasteiger partial charge in [-0.1, -0.05) is 30.3 Å². The largest absolute Gasteiger partial charge is 0.489 e. The maximum atomic E-state index is 12.2. The van der Waals surface area contributed by atoms with Crippen LogP contribution in [0.3, 0.4) is 0 Å². The molecule has 1 saturated heterocycles. The molecule has 1 fully saturated rings. The monoisotopic (exact) mass is 354 g/mol. The molecule has 26 heavy (non-hydrogen) atoms. The Hall–Kier alpha value is -2.37. The van der Waals surface area contributed by atoms with Crippen LogP contribution in [-0.4, -0.2) is 50.2 Å². The Morgan fingerprint density at radius 3 is 2.50 bits per heavy atom. The minimum Gasteiger partial charge on any atom is -0.489 e.